The molecule has 0 bridgehead atoms. The standard InChI is InChI=1S/C17H26N2O/c1-13(2)18-12-15-5-6-17-16(11-15)7-8-19(17)9-10-20-14(3)4/h5-8,11,13-14,18H,9-10,12H2,1-4H3. The monoisotopic (exact) mass is 274 g/mol. The molecule has 0 aliphatic rings. The van der Waals surface area contributed by atoms with Crippen LogP contribution in [-0.2, 0) is 17.8 Å². The highest BCUT2D eigenvalue weighted by Gasteiger charge is 2.03. The van der Waals surface area contributed by atoms with Crippen molar-refractivity contribution in [3.63, 3.8) is 0 Å². The van der Waals surface area contributed by atoms with Crippen LogP contribution in [0.3, 0.4) is 0 Å². The number of aromatic nitrogens is 1. The molecule has 3 nitrogen and oxygen atoms in total. The fourth-order valence-corrected chi connectivity index (χ4v) is 2.26. The van der Waals surface area contributed by atoms with E-state index in [1.54, 1.807) is 0 Å². The summed E-state index contributed by atoms with van der Waals surface area (Å²) in [5.74, 6) is 0. The highest BCUT2D eigenvalue weighted by Crippen LogP contribution is 2.18. The Labute approximate surface area is 121 Å². The van der Waals surface area contributed by atoms with Crippen LogP contribution in [0, 0.1) is 0 Å². The lowest BCUT2D eigenvalue weighted by atomic mass is 10.1. The molecule has 0 fully saturated rings. The molecule has 0 amide bonds. The lowest BCUT2D eigenvalue weighted by Gasteiger charge is -2.10. The van der Waals surface area contributed by atoms with Gasteiger partial charge in [-0.15, -0.1) is 0 Å². The van der Waals surface area contributed by atoms with Crippen molar-refractivity contribution >= 4 is 10.9 Å². The van der Waals surface area contributed by atoms with Gasteiger partial charge in [0.25, 0.3) is 0 Å². The Morgan fingerprint density at radius 3 is 2.65 bits per heavy atom. The molecular weight excluding hydrogens is 248 g/mol. The zero-order valence-electron chi connectivity index (χ0n) is 13.0. The summed E-state index contributed by atoms with van der Waals surface area (Å²) in [5, 5.41) is 4.76. The first-order valence-corrected chi connectivity index (χ1v) is 7.49. The van der Waals surface area contributed by atoms with Crippen LogP contribution < -0.4 is 5.32 Å². The number of hydrogen-bond donors (Lipinski definition) is 1. The summed E-state index contributed by atoms with van der Waals surface area (Å²) in [7, 11) is 0. The van der Waals surface area contributed by atoms with Crippen LogP contribution >= 0.6 is 0 Å². The van der Waals surface area contributed by atoms with Crippen molar-refractivity contribution in [2.75, 3.05) is 6.61 Å². The predicted octanol–water partition coefficient (Wildman–Crippen LogP) is 3.56. The van der Waals surface area contributed by atoms with Gasteiger partial charge in [0.05, 0.1) is 12.7 Å². The van der Waals surface area contributed by atoms with E-state index in [4.69, 9.17) is 4.74 Å². The normalized spacial score (nSPS) is 11.9. The van der Waals surface area contributed by atoms with Crippen molar-refractivity contribution in [2.45, 2.75) is 52.9 Å². The number of benzene rings is 1. The van der Waals surface area contributed by atoms with E-state index in [2.05, 4.69) is 68.0 Å². The highest BCUT2D eigenvalue weighted by atomic mass is 16.5. The Balaban J connectivity index is 2.04. The number of hydrogen-bond acceptors (Lipinski definition) is 2. The van der Waals surface area contributed by atoms with E-state index in [-0.39, 0.29) is 0 Å². The summed E-state index contributed by atoms with van der Waals surface area (Å²) < 4.78 is 7.88. The zero-order valence-corrected chi connectivity index (χ0v) is 13.0. The van der Waals surface area contributed by atoms with Crippen LogP contribution in [0.25, 0.3) is 10.9 Å². The van der Waals surface area contributed by atoms with E-state index < -0.39 is 0 Å². The Morgan fingerprint density at radius 1 is 1.15 bits per heavy atom. The second-order valence-electron chi connectivity index (χ2n) is 5.86. The molecule has 2 aromatic rings. The molecule has 0 spiro atoms. The first kappa shape index (κ1) is 15.1. The summed E-state index contributed by atoms with van der Waals surface area (Å²) in [6.45, 7) is 11.1. The van der Waals surface area contributed by atoms with Crippen molar-refractivity contribution in [1.82, 2.24) is 9.88 Å². The van der Waals surface area contributed by atoms with Crippen LogP contribution in [0.15, 0.2) is 30.5 Å². The van der Waals surface area contributed by atoms with Crippen LogP contribution in [0.4, 0.5) is 0 Å². The molecule has 1 aromatic carbocycles. The second-order valence-corrected chi connectivity index (χ2v) is 5.86. The van der Waals surface area contributed by atoms with Crippen molar-refractivity contribution < 1.29 is 4.74 Å². The van der Waals surface area contributed by atoms with Crippen molar-refractivity contribution in [1.29, 1.82) is 0 Å². The molecule has 110 valence electrons. The van der Waals surface area contributed by atoms with Gasteiger partial charge in [0.1, 0.15) is 0 Å². The number of rotatable bonds is 7. The van der Waals surface area contributed by atoms with E-state index >= 15 is 0 Å². The van der Waals surface area contributed by atoms with Crippen LogP contribution in [-0.4, -0.2) is 23.3 Å². The van der Waals surface area contributed by atoms with Gasteiger partial charge in [0.2, 0.25) is 0 Å². The smallest absolute Gasteiger partial charge is 0.0649 e. The van der Waals surface area contributed by atoms with Gasteiger partial charge in [-0.1, -0.05) is 19.9 Å². The quantitative estimate of drug-likeness (QED) is 0.835. The first-order chi connectivity index (χ1) is 9.56. The zero-order chi connectivity index (χ0) is 14.5. The van der Waals surface area contributed by atoms with Gasteiger partial charge in [0, 0.05) is 30.8 Å². The minimum Gasteiger partial charge on any atom is -0.377 e. The number of fused-ring (bicyclic) bond motifs is 1. The van der Waals surface area contributed by atoms with Gasteiger partial charge >= 0.3 is 0 Å². The Hall–Kier alpha value is -1.32. The van der Waals surface area contributed by atoms with Crippen LogP contribution in [0.5, 0.6) is 0 Å². The summed E-state index contributed by atoms with van der Waals surface area (Å²) in [6, 6.07) is 9.39. The minimum absolute atomic E-state index is 0.297. The van der Waals surface area contributed by atoms with E-state index in [0.29, 0.717) is 12.1 Å². The molecule has 1 aromatic heterocycles. The van der Waals surface area contributed by atoms with Gasteiger partial charge in [-0.25, -0.2) is 0 Å². The summed E-state index contributed by atoms with van der Waals surface area (Å²) in [4.78, 5) is 0. The van der Waals surface area contributed by atoms with Crippen LogP contribution in [0.2, 0.25) is 0 Å². The van der Waals surface area contributed by atoms with Crippen molar-refractivity contribution in [2.24, 2.45) is 0 Å². The third-order valence-corrected chi connectivity index (χ3v) is 3.33. The average molecular weight is 274 g/mol. The van der Waals surface area contributed by atoms with Gasteiger partial charge in [0.15, 0.2) is 0 Å². The van der Waals surface area contributed by atoms with Crippen LogP contribution in [0.1, 0.15) is 33.3 Å². The van der Waals surface area contributed by atoms with Gasteiger partial charge in [-0.3, -0.25) is 0 Å². The Morgan fingerprint density at radius 2 is 1.95 bits per heavy atom. The molecule has 0 atom stereocenters. The molecule has 3 heteroatoms. The molecule has 1 N–H and O–H groups in total. The van der Waals surface area contributed by atoms with Crippen molar-refractivity contribution in [3.05, 3.63) is 36.0 Å². The van der Waals surface area contributed by atoms with Gasteiger partial charge < -0.3 is 14.6 Å². The lowest BCUT2D eigenvalue weighted by Crippen LogP contribution is -2.21. The maximum absolute atomic E-state index is 5.62. The molecule has 0 saturated carbocycles. The van der Waals surface area contributed by atoms with E-state index in [1.165, 1.54) is 16.5 Å². The Kier molecular flexibility index (Phi) is 5.21. The summed E-state index contributed by atoms with van der Waals surface area (Å²) >= 11 is 0. The number of ether oxygens (including phenoxy) is 1. The molecule has 0 radical (unpaired) electrons. The molecule has 0 unspecified atom stereocenters. The largest absolute Gasteiger partial charge is 0.377 e. The third kappa shape index (κ3) is 4.09. The first-order valence-electron chi connectivity index (χ1n) is 7.49. The molecule has 20 heavy (non-hydrogen) atoms. The van der Waals surface area contributed by atoms with E-state index in [9.17, 15) is 0 Å². The summed E-state index contributed by atoms with van der Waals surface area (Å²) in [6.07, 6.45) is 2.44. The van der Waals surface area contributed by atoms with E-state index in [1.807, 2.05) is 0 Å². The summed E-state index contributed by atoms with van der Waals surface area (Å²) in [5.41, 5.74) is 2.62. The van der Waals surface area contributed by atoms with Crippen molar-refractivity contribution in [3.8, 4) is 0 Å². The molecule has 2 rings (SSSR count). The fourth-order valence-electron chi connectivity index (χ4n) is 2.26. The average Bonchev–Trinajstić information content (AvgIpc) is 2.79. The topological polar surface area (TPSA) is 26.2 Å². The SMILES string of the molecule is CC(C)NCc1ccc2c(ccn2CCOC(C)C)c1. The number of nitrogens with one attached hydrogen (secondary N) is 1. The maximum Gasteiger partial charge on any atom is 0.0649 e. The van der Waals surface area contributed by atoms with E-state index in [0.717, 1.165) is 19.7 Å². The Bertz CT molecular complexity index is 543. The minimum atomic E-state index is 0.297. The highest BCUT2D eigenvalue weighted by molar-refractivity contribution is 5.80. The third-order valence-electron chi connectivity index (χ3n) is 3.33. The molecule has 0 aliphatic carbocycles. The molecule has 0 aliphatic heterocycles. The predicted molar refractivity (Wildman–Crippen MR) is 85.0 cm³/mol. The lowest BCUT2D eigenvalue weighted by molar-refractivity contribution is 0.0733. The fraction of sp³-hybridized carbons (Fsp3) is 0.529. The molecule has 1 heterocycles. The second kappa shape index (κ2) is 6.91. The molecule has 0 saturated heterocycles. The maximum atomic E-state index is 5.62. The van der Waals surface area contributed by atoms with Gasteiger partial charge in [-0.2, -0.15) is 0 Å². The molecular formula is C17H26N2O. The number of nitrogens with zero attached hydrogens (tertiary/aromatic N) is 1. The van der Waals surface area contributed by atoms with Gasteiger partial charge in [-0.05, 0) is 43.0 Å².